The second-order valence-electron chi connectivity index (χ2n) is 6.42. The molecular formula is C18H42O3SSi2. The van der Waals surface area contributed by atoms with E-state index in [4.69, 9.17) is 13.3 Å². The zero-order valence-corrected chi connectivity index (χ0v) is 19.9. The zero-order chi connectivity index (χ0) is 18.3. The van der Waals surface area contributed by atoms with Crippen molar-refractivity contribution in [1.29, 1.82) is 0 Å². The summed E-state index contributed by atoms with van der Waals surface area (Å²) >= 11 is 2.28. The molecule has 0 heterocycles. The molecule has 0 amide bonds. The van der Waals surface area contributed by atoms with Crippen molar-refractivity contribution < 1.29 is 13.3 Å². The zero-order valence-electron chi connectivity index (χ0n) is 17.1. The maximum absolute atomic E-state index is 6.19. The van der Waals surface area contributed by atoms with Crippen LogP contribution in [0.4, 0.5) is 0 Å². The highest BCUT2D eigenvalue weighted by molar-refractivity contribution is 8.28. The standard InChI is InChI=1S/C18H42O3SSi2/c1-7-14-19-24(20-15-8-2,21-16-9-3)18-13-17-22-23(10-4,11-5)12-6/h7-18H2,1-6H3. The van der Waals surface area contributed by atoms with Crippen LogP contribution >= 0.6 is 11.2 Å². The summed E-state index contributed by atoms with van der Waals surface area (Å²) in [5.41, 5.74) is 0. The third-order valence-corrected chi connectivity index (χ3v) is 17.5. The van der Waals surface area contributed by atoms with Crippen molar-refractivity contribution in [3.8, 4) is 0 Å². The molecule has 0 aliphatic carbocycles. The van der Waals surface area contributed by atoms with Crippen molar-refractivity contribution in [3.63, 3.8) is 0 Å². The van der Waals surface area contributed by atoms with Crippen LogP contribution in [-0.4, -0.2) is 41.6 Å². The van der Waals surface area contributed by atoms with Gasteiger partial charge in [0.1, 0.15) is 7.22 Å². The molecule has 0 radical (unpaired) electrons. The summed E-state index contributed by atoms with van der Waals surface area (Å²) in [6, 6.07) is 5.14. The molecule has 0 atom stereocenters. The second kappa shape index (κ2) is 14.8. The van der Waals surface area contributed by atoms with Crippen LogP contribution in [0.5, 0.6) is 0 Å². The largest absolute Gasteiger partial charge is 0.500 e. The first-order chi connectivity index (χ1) is 11.6. The Balaban J connectivity index is 4.65. The predicted octanol–water partition coefficient (Wildman–Crippen LogP) is 6.33. The predicted molar refractivity (Wildman–Crippen MR) is 114 cm³/mol. The normalized spacial score (nSPS) is 12.8. The second-order valence-corrected chi connectivity index (χ2v) is 17.8. The van der Waals surface area contributed by atoms with Crippen molar-refractivity contribution in [2.24, 2.45) is 0 Å². The highest BCUT2D eigenvalue weighted by Gasteiger charge is 2.40. The quantitative estimate of drug-likeness (QED) is 0.213. The van der Waals surface area contributed by atoms with E-state index in [9.17, 15) is 0 Å². The van der Waals surface area contributed by atoms with E-state index in [0.717, 1.165) is 51.5 Å². The van der Waals surface area contributed by atoms with Gasteiger partial charge in [0, 0.05) is 25.9 Å². The minimum Gasteiger partial charge on any atom is -0.373 e. The van der Waals surface area contributed by atoms with Crippen LogP contribution in [0.2, 0.25) is 24.2 Å². The van der Waals surface area contributed by atoms with Gasteiger partial charge in [-0.3, -0.25) is 0 Å². The third kappa shape index (κ3) is 9.39. The molecule has 0 spiro atoms. The monoisotopic (exact) mass is 394 g/mol. The lowest BCUT2D eigenvalue weighted by Crippen LogP contribution is -2.46. The van der Waals surface area contributed by atoms with E-state index < -0.39 is 16.0 Å². The van der Waals surface area contributed by atoms with Gasteiger partial charge in [0.2, 0.25) is 0 Å². The highest BCUT2D eigenvalue weighted by atomic mass is 32.4. The molecule has 0 saturated carbocycles. The Morgan fingerprint density at radius 3 is 1.42 bits per heavy atom. The molecule has 0 saturated heterocycles. The van der Waals surface area contributed by atoms with Gasteiger partial charge in [-0.1, -0.05) is 59.7 Å². The van der Waals surface area contributed by atoms with Gasteiger partial charge in [-0.05, 0) is 31.4 Å². The van der Waals surface area contributed by atoms with Crippen molar-refractivity contribution in [2.75, 3.05) is 25.6 Å². The van der Waals surface area contributed by atoms with E-state index in [1.807, 2.05) is 0 Å². The molecule has 0 fully saturated rings. The molecule has 0 unspecified atom stereocenters. The molecule has 146 valence electrons. The Labute approximate surface area is 157 Å². The Hall–Kier alpha value is 0.664. The van der Waals surface area contributed by atoms with Crippen molar-refractivity contribution in [1.82, 2.24) is 0 Å². The number of rotatable bonds is 17. The smallest absolute Gasteiger partial charge is 0.373 e. The van der Waals surface area contributed by atoms with Crippen molar-refractivity contribution >= 4 is 27.2 Å². The molecule has 0 aromatic heterocycles. The summed E-state index contributed by atoms with van der Waals surface area (Å²) in [6.45, 7) is 15.9. The molecule has 3 nitrogen and oxygen atoms in total. The molecule has 0 aliphatic heterocycles. The van der Waals surface area contributed by atoms with Crippen LogP contribution in [0.15, 0.2) is 0 Å². The van der Waals surface area contributed by atoms with Crippen LogP contribution in [0.1, 0.15) is 67.2 Å². The van der Waals surface area contributed by atoms with Gasteiger partial charge in [-0.15, -0.1) is 0 Å². The Bertz CT molecular complexity index is 259. The minimum absolute atomic E-state index is 0.754. The van der Waals surface area contributed by atoms with Gasteiger partial charge in [-0.2, -0.15) is 11.2 Å². The molecule has 0 aromatic rings. The summed E-state index contributed by atoms with van der Waals surface area (Å²) in [5, 5.41) is 0. The fourth-order valence-corrected chi connectivity index (χ4v) is 12.2. The molecule has 6 heteroatoms. The van der Waals surface area contributed by atoms with Crippen LogP contribution in [0.3, 0.4) is 0 Å². The summed E-state index contributed by atoms with van der Waals surface area (Å²) in [5.74, 6) is 1.23. The Morgan fingerprint density at radius 1 is 0.667 bits per heavy atom. The number of hydrogen-bond acceptors (Lipinski definition) is 4. The number of hydrogen-bond donors (Lipinski definition) is 0. The summed E-state index contributed by atoms with van der Waals surface area (Å²) in [4.78, 5) is 0. The molecule has 0 aromatic carbocycles. The van der Waals surface area contributed by atoms with Crippen LogP contribution in [0, 0.1) is 0 Å². The first-order valence-electron chi connectivity index (χ1n) is 10.1. The van der Waals surface area contributed by atoms with Crippen molar-refractivity contribution in [2.45, 2.75) is 91.4 Å². The van der Waals surface area contributed by atoms with Crippen LogP contribution in [-0.2, 0) is 13.3 Å². The van der Waals surface area contributed by atoms with E-state index in [0.29, 0.717) is 0 Å². The molecule has 24 heavy (non-hydrogen) atoms. The van der Waals surface area contributed by atoms with E-state index in [1.54, 1.807) is 0 Å². The first-order valence-corrected chi connectivity index (χ1v) is 16.4. The average Bonchev–Trinajstić information content (AvgIpc) is 2.63. The SMILES string of the molecule is CCCO[Si](CCCS[Si](CC)(CC)CC)(OCCC)OCCC. The average molecular weight is 395 g/mol. The van der Waals surface area contributed by atoms with Crippen LogP contribution < -0.4 is 0 Å². The van der Waals surface area contributed by atoms with E-state index in [1.165, 1.54) is 23.9 Å². The molecule has 0 rings (SSSR count). The Morgan fingerprint density at radius 2 is 1.08 bits per heavy atom. The maximum atomic E-state index is 6.19. The van der Waals surface area contributed by atoms with Gasteiger partial charge in [-0.25, -0.2) is 0 Å². The fourth-order valence-electron chi connectivity index (χ4n) is 2.75. The van der Waals surface area contributed by atoms with E-state index >= 15 is 0 Å². The maximum Gasteiger partial charge on any atom is 0.500 e. The summed E-state index contributed by atoms with van der Waals surface area (Å²) in [7, 11) is -3.56. The van der Waals surface area contributed by atoms with Gasteiger partial charge < -0.3 is 13.3 Å². The fraction of sp³-hybridized carbons (Fsp3) is 1.00. The van der Waals surface area contributed by atoms with E-state index in [-0.39, 0.29) is 0 Å². The molecule has 0 N–H and O–H groups in total. The lowest BCUT2D eigenvalue weighted by molar-refractivity contribution is 0.0591. The lowest BCUT2D eigenvalue weighted by atomic mass is 10.5. The van der Waals surface area contributed by atoms with Gasteiger partial charge in [0.15, 0.2) is 0 Å². The molecule has 0 bridgehead atoms. The van der Waals surface area contributed by atoms with E-state index in [2.05, 4.69) is 52.8 Å². The van der Waals surface area contributed by atoms with Gasteiger partial charge >= 0.3 is 8.80 Å². The molecular weight excluding hydrogens is 352 g/mol. The topological polar surface area (TPSA) is 27.7 Å². The van der Waals surface area contributed by atoms with Gasteiger partial charge in [0.05, 0.1) is 0 Å². The molecule has 0 aliphatic rings. The van der Waals surface area contributed by atoms with Crippen molar-refractivity contribution in [3.05, 3.63) is 0 Å². The first kappa shape index (κ1) is 24.7. The summed E-state index contributed by atoms with van der Waals surface area (Å²) < 4.78 is 18.6. The van der Waals surface area contributed by atoms with Crippen LogP contribution in [0.25, 0.3) is 0 Å². The van der Waals surface area contributed by atoms with Gasteiger partial charge in [0.25, 0.3) is 0 Å². The highest BCUT2D eigenvalue weighted by Crippen LogP contribution is 2.34. The Kier molecular flexibility index (Phi) is 15.2. The minimum atomic E-state index is -2.48. The lowest BCUT2D eigenvalue weighted by Gasteiger charge is -2.31. The third-order valence-electron chi connectivity index (χ3n) is 4.55. The summed E-state index contributed by atoms with van der Waals surface area (Å²) in [6.07, 6.45) is 4.22.